The van der Waals surface area contributed by atoms with Gasteiger partial charge in [0, 0.05) is 18.2 Å². The number of carbonyl (C=O) groups is 2. The number of carboxylic acids is 1. The number of carboxylic acid groups (broad SMARTS) is 1. The van der Waals surface area contributed by atoms with Crippen LogP contribution in [-0.4, -0.2) is 37.2 Å². The van der Waals surface area contributed by atoms with Crippen molar-refractivity contribution in [1.29, 1.82) is 0 Å². The van der Waals surface area contributed by atoms with Crippen molar-refractivity contribution in [2.75, 3.05) is 25.5 Å². The number of methoxy groups -OCH3 is 1. The molecule has 0 spiro atoms. The first-order valence-corrected chi connectivity index (χ1v) is 7.02. The Morgan fingerprint density at radius 3 is 2.90 bits per heavy atom. The number of aromatic carboxylic acids is 1. The fourth-order valence-corrected chi connectivity index (χ4v) is 2.52. The third-order valence-electron chi connectivity index (χ3n) is 3.59. The summed E-state index contributed by atoms with van der Waals surface area (Å²) in [6.45, 7) is 1.89. The molecule has 3 N–H and O–H groups in total. The highest BCUT2D eigenvalue weighted by atomic mass is 16.5. The number of hydrogen-bond donors (Lipinski definition) is 3. The van der Waals surface area contributed by atoms with Gasteiger partial charge in [0.15, 0.2) is 0 Å². The summed E-state index contributed by atoms with van der Waals surface area (Å²) < 4.78 is 5.04. The molecule has 1 aliphatic rings. The number of carbonyl (C=O) groups excluding carboxylic acids is 1. The molecule has 0 saturated carbocycles. The monoisotopic (exact) mass is 292 g/mol. The number of anilines is 1. The first kappa shape index (κ1) is 15.3. The minimum Gasteiger partial charge on any atom is -0.496 e. The Morgan fingerprint density at radius 1 is 1.48 bits per heavy atom. The van der Waals surface area contributed by atoms with Crippen LogP contribution in [-0.2, 0) is 4.79 Å². The van der Waals surface area contributed by atoms with Gasteiger partial charge in [0.2, 0.25) is 5.91 Å². The first-order valence-electron chi connectivity index (χ1n) is 7.02. The standard InChI is InChI=1S/C15H20N2O4/c1-21-13-8-11(4-5-12(13)15(19)20)17-14(18)7-10-3-2-6-16-9-10/h4-5,8,10,16H,2-3,6-7,9H2,1H3,(H,17,18)(H,19,20). The van der Waals surface area contributed by atoms with Crippen molar-refractivity contribution >= 4 is 17.6 Å². The zero-order valence-corrected chi connectivity index (χ0v) is 12.0. The van der Waals surface area contributed by atoms with Gasteiger partial charge < -0.3 is 20.5 Å². The molecule has 1 saturated heterocycles. The van der Waals surface area contributed by atoms with Gasteiger partial charge in [-0.2, -0.15) is 0 Å². The minimum absolute atomic E-state index is 0.0613. The first-order chi connectivity index (χ1) is 10.1. The molecule has 1 fully saturated rings. The van der Waals surface area contributed by atoms with Crippen LogP contribution in [0.25, 0.3) is 0 Å². The summed E-state index contributed by atoms with van der Waals surface area (Å²) in [5, 5.41) is 15.1. The second-order valence-corrected chi connectivity index (χ2v) is 5.18. The Morgan fingerprint density at radius 2 is 2.29 bits per heavy atom. The second kappa shape index (κ2) is 7.08. The van der Waals surface area contributed by atoms with Crippen LogP contribution in [0.3, 0.4) is 0 Å². The van der Waals surface area contributed by atoms with Gasteiger partial charge in [-0.15, -0.1) is 0 Å². The molecule has 1 aromatic rings. The number of piperidine rings is 1. The number of amides is 1. The van der Waals surface area contributed by atoms with Gasteiger partial charge in [0.1, 0.15) is 11.3 Å². The molecule has 114 valence electrons. The highest BCUT2D eigenvalue weighted by molar-refractivity contribution is 5.94. The SMILES string of the molecule is COc1cc(NC(=O)CC2CCCNC2)ccc1C(=O)O. The van der Waals surface area contributed by atoms with Gasteiger partial charge in [0.05, 0.1) is 7.11 Å². The van der Waals surface area contributed by atoms with E-state index in [2.05, 4.69) is 10.6 Å². The Bertz CT molecular complexity index is 524. The highest BCUT2D eigenvalue weighted by Gasteiger charge is 2.17. The van der Waals surface area contributed by atoms with Gasteiger partial charge in [-0.25, -0.2) is 4.79 Å². The third-order valence-corrected chi connectivity index (χ3v) is 3.59. The summed E-state index contributed by atoms with van der Waals surface area (Å²) in [5.41, 5.74) is 0.623. The predicted molar refractivity (Wildman–Crippen MR) is 78.8 cm³/mol. The fourth-order valence-electron chi connectivity index (χ4n) is 2.52. The van der Waals surface area contributed by atoms with E-state index in [0.29, 0.717) is 18.0 Å². The third kappa shape index (κ3) is 4.19. The van der Waals surface area contributed by atoms with E-state index in [1.807, 2.05) is 0 Å². The molecule has 2 rings (SSSR count). The van der Waals surface area contributed by atoms with Crippen LogP contribution in [0, 0.1) is 5.92 Å². The zero-order valence-electron chi connectivity index (χ0n) is 12.0. The van der Waals surface area contributed by atoms with Crippen LogP contribution in [0.5, 0.6) is 5.75 Å². The molecule has 1 unspecified atom stereocenters. The maximum atomic E-state index is 12.0. The molecule has 1 aliphatic heterocycles. The lowest BCUT2D eigenvalue weighted by Gasteiger charge is -2.22. The van der Waals surface area contributed by atoms with E-state index < -0.39 is 5.97 Å². The van der Waals surface area contributed by atoms with Crippen LogP contribution in [0.2, 0.25) is 0 Å². The largest absolute Gasteiger partial charge is 0.496 e. The molecule has 0 aromatic heterocycles. The average Bonchev–Trinajstić information content (AvgIpc) is 2.47. The maximum absolute atomic E-state index is 12.0. The predicted octanol–water partition coefficient (Wildman–Crippen LogP) is 1.72. The summed E-state index contributed by atoms with van der Waals surface area (Å²) in [6.07, 6.45) is 2.62. The quantitative estimate of drug-likeness (QED) is 0.769. The van der Waals surface area contributed by atoms with E-state index in [9.17, 15) is 9.59 Å². The molecular formula is C15H20N2O4. The molecular weight excluding hydrogens is 272 g/mol. The summed E-state index contributed by atoms with van der Waals surface area (Å²) in [5.74, 6) is -0.523. The van der Waals surface area contributed by atoms with E-state index in [4.69, 9.17) is 9.84 Å². The van der Waals surface area contributed by atoms with Gasteiger partial charge >= 0.3 is 5.97 Å². The van der Waals surface area contributed by atoms with E-state index in [1.165, 1.54) is 19.2 Å². The van der Waals surface area contributed by atoms with Crippen molar-refractivity contribution in [2.45, 2.75) is 19.3 Å². The Hall–Kier alpha value is -2.08. The number of hydrogen-bond acceptors (Lipinski definition) is 4. The van der Waals surface area contributed by atoms with Crippen molar-refractivity contribution in [3.63, 3.8) is 0 Å². The van der Waals surface area contributed by atoms with E-state index in [1.54, 1.807) is 6.07 Å². The summed E-state index contributed by atoms with van der Waals surface area (Å²) in [7, 11) is 1.40. The fraction of sp³-hybridized carbons (Fsp3) is 0.467. The van der Waals surface area contributed by atoms with Crippen LogP contribution in [0.15, 0.2) is 18.2 Å². The normalized spacial score (nSPS) is 18.0. The van der Waals surface area contributed by atoms with Crippen molar-refractivity contribution in [2.24, 2.45) is 5.92 Å². The molecule has 1 atom stereocenters. The minimum atomic E-state index is -1.06. The van der Waals surface area contributed by atoms with Gasteiger partial charge in [-0.3, -0.25) is 4.79 Å². The number of benzene rings is 1. The van der Waals surface area contributed by atoms with Crippen LogP contribution in [0.1, 0.15) is 29.6 Å². The Kier molecular flexibility index (Phi) is 5.16. The van der Waals surface area contributed by atoms with E-state index >= 15 is 0 Å². The van der Waals surface area contributed by atoms with Gasteiger partial charge in [-0.05, 0) is 44.0 Å². The van der Waals surface area contributed by atoms with Crippen LogP contribution < -0.4 is 15.4 Å². The lowest BCUT2D eigenvalue weighted by molar-refractivity contribution is -0.117. The number of ether oxygens (including phenoxy) is 1. The summed E-state index contributed by atoms with van der Waals surface area (Å²) in [6, 6.07) is 4.53. The molecule has 1 heterocycles. The molecule has 0 radical (unpaired) electrons. The maximum Gasteiger partial charge on any atom is 0.339 e. The molecule has 21 heavy (non-hydrogen) atoms. The lowest BCUT2D eigenvalue weighted by Crippen LogP contribution is -2.32. The topological polar surface area (TPSA) is 87.7 Å². The molecule has 1 aromatic carbocycles. The Balaban J connectivity index is 1.98. The zero-order chi connectivity index (χ0) is 15.2. The van der Waals surface area contributed by atoms with Crippen LogP contribution >= 0.6 is 0 Å². The summed E-state index contributed by atoms with van der Waals surface area (Å²) in [4.78, 5) is 23.0. The van der Waals surface area contributed by atoms with Crippen molar-refractivity contribution in [3.8, 4) is 5.75 Å². The smallest absolute Gasteiger partial charge is 0.339 e. The van der Waals surface area contributed by atoms with E-state index in [0.717, 1.165) is 25.9 Å². The number of rotatable bonds is 5. The second-order valence-electron chi connectivity index (χ2n) is 5.18. The molecule has 6 heteroatoms. The molecule has 0 bridgehead atoms. The highest BCUT2D eigenvalue weighted by Crippen LogP contribution is 2.24. The van der Waals surface area contributed by atoms with Crippen LogP contribution in [0.4, 0.5) is 5.69 Å². The Labute approximate surface area is 123 Å². The molecule has 6 nitrogen and oxygen atoms in total. The van der Waals surface area contributed by atoms with Crippen molar-refractivity contribution < 1.29 is 19.4 Å². The van der Waals surface area contributed by atoms with Crippen molar-refractivity contribution in [1.82, 2.24) is 5.32 Å². The number of nitrogens with one attached hydrogen (secondary N) is 2. The summed E-state index contributed by atoms with van der Waals surface area (Å²) >= 11 is 0. The molecule has 0 aliphatic carbocycles. The van der Waals surface area contributed by atoms with Crippen molar-refractivity contribution in [3.05, 3.63) is 23.8 Å². The van der Waals surface area contributed by atoms with Gasteiger partial charge in [0.25, 0.3) is 0 Å². The van der Waals surface area contributed by atoms with Gasteiger partial charge in [-0.1, -0.05) is 0 Å². The lowest BCUT2D eigenvalue weighted by atomic mass is 9.96. The average molecular weight is 292 g/mol. The molecule has 1 amide bonds. The van der Waals surface area contributed by atoms with E-state index in [-0.39, 0.29) is 17.2 Å².